The highest BCUT2D eigenvalue weighted by Crippen LogP contribution is 2.32. The van der Waals surface area contributed by atoms with E-state index < -0.39 is 17.2 Å². The molecule has 2 atom stereocenters. The number of pyridine rings is 2. The Kier molecular flexibility index (Phi) is 7.99. The third-order valence-electron chi connectivity index (χ3n) is 7.19. The first-order valence-corrected chi connectivity index (χ1v) is 12.8. The van der Waals surface area contributed by atoms with E-state index in [1.807, 2.05) is 62.4 Å². The lowest BCUT2D eigenvalue weighted by Crippen LogP contribution is -2.48. The summed E-state index contributed by atoms with van der Waals surface area (Å²) >= 11 is 0. The van der Waals surface area contributed by atoms with Crippen molar-refractivity contribution in [3.8, 4) is 0 Å². The zero-order valence-electron chi connectivity index (χ0n) is 22.5. The summed E-state index contributed by atoms with van der Waals surface area (Å²) in [5, 5.41) is 23.6. The smallest absolute Gasteiger partial charge is 0.320 e. The molecule has 0 saturated heterocycles. The van der Waals surface area contributed by atoms with Crippen molar-refractivity contribution < 1.29 is 15.0 Å². The van der Waals surface area contributed by atoms with Crippen LogP contribution >= 0.6 is 0 Å². The monoisotopic (exact) mass is 525 g/mol. The molecule has 2 heterocycles. The van der Waals surface area contributed by atoms with Crippen LogP contribution in [0.5, 0.6) is 0 Å². The predicted octanol–water partition coefficient (Wildman–Crippen LogP) is 4.14. The zero-order valence-corrected chi connectivity index (χ0v) is 22.5. The van der Waals surface area contributed by atoms with Gasteiger partial charge < -0.3 is 21.7 Å². The van der Waals surface area contributed by atoms with Crippen molar-refractivity contribution in [2.75, 3.05) is 17.2 Å². The lowest BCUT2D eigenvalue weighted by molar-refractivity contribution is 0.0452. The number of rotatable bonds is 9. The Morgan fingerprint density at radius 3 is 2.00 bits per heavy atom. The van der Waals surface area contributed by atoms with E-state index in [9.17, 15) is 15.0 Å². The van der Waals surface area contributed by atoms with Crippen molar-refractivity contribution in [3.63, 3.8) is 0 Å². The minimum Gasteiger partial charge on any atom is -0.385 e. The summed E-state index contributed by atoms with van der Waals surface area (Å²) in [6.07, 6.45) is 3.60. The Hall–Kier alpha value is -4.27. The van der Waals surface area contributed by atoms with E-state index in [1.54, 1.807) is 31.2 Å². The second-order valence-electron chi connectivity index (χ2n) is 10.3. The van der Waals surface area contributed by atoms with Crippen molar-refractivity contribution in [2.45, 2.75) is 44.8 Å². The van der Waals surface area contributed by atoms with Gasteiger partial charge in [0, 0.05) is 25.2 Å². The molecular formula is C31H35N5O3. The summed E-state index contributed by atoms with van der Waals surface area (Å²) < 4.78 is 0. The first-order chi connectivity index (χ1) is 18.5. The number of nitrogens with zero attached hydrogens (tertiary/aromatic N) is 3. The number of amides is 2. The summed E-state index contributed by atoms with van der Waals surface area (Å²) in [4.78, 5) is 22.4. The number of nitrogens with two attached hydrogens (primary N) is 2. The fourth-order valence-corrected chi connectivity index (χ4v) is 4.83. The number of carbonyl (C=O) groups is 1. The van der Waals surface area contributed by atoms with Gasteiger partial charge in [0.1, 0.15) is 17.2 Å². The highest BCUT2D eigenvalue weighted by atomic mass is 16.3. The number of hydrogen-bond donors (Lipinski definition) is 4. The van der Waals surface area contributed by atoms with Crippen LogP contribution in [0.4, 0.5) is 16.4 Å². The Labute approximate surface area is 229 Å². The zero-order chi connectivity index (χ0) is 28.2. The fraction of sp³-hybridized carbons (Fsp3) is 0.258. The molecule has 8 nitrogen and oxygen atoms in total. The van der Waals surface area contributed by atoms with Crippen LogP contribution in [0, 0.1) is 13.8 Å². The number of anilines is 2. The maximum absolute atomic E-state index is 12.8. The lowest BCUT2D eigenvalue weighted by atomic mass is 9.85. The van der Waals surface area contributed by atoms with E-state index in [-0.39, 0.29) is 24.6 Å². The molecule has 0 aliphatic heterocycles. The van der Waals surface area contributed by atoms with Crippen molar-refractivity contribution in [3.05, 3.63) is 119 Å². The van der Waals surface area contributed by atoms with Gasteiger partial charge in [-0.25, -0.2) is 14.8 Å². The molecular weight excluding hydrogens is 490 g/mol. The van der Waals surface area contributed by atoms with Crippen molar-refractivity contribution in [1.29, 1.82) is 0 Å². The quantitative estimate of drug-likeness (QED) is 0.259. The van der Waals surface area contributed by atoms with Crippen LogP contribution in [0.25, 0.3) is 0 Å². The maximum atomic E-state index is 12.8. The highest BCUT2D eigenvalue weighted by molar-refractivity contribution is 5.89. The molecule has 0 aliphatic carbocycles. The normalized spacial score (nSPS) is 14.3. The van der Waals surface area contributed by atoms with Crippen molar-refractivity contribution >= 4 is 17.7 Å². The average Bonchev–Trinajstić information content (AvgIpc) is 2.90. The molecule has 2 aromatic heterocycles. The van der Waals surface area contributed by atoms with Crippen LogP contribution in [-0.4, -0.2) is 32.8 Å². The van der Waals surface area contributed by atoms with Crippen LogP contribution in [0.2, 0.25) is 0 Å². The first kappa shape index (κ1) is 27.8. The van der Waals surface area contributed by atoms with Gasteiger partial charge in [0.15, 0.2) is 0 Å². The Bertz CT molecular complexity index is 1470. The van der Waals surface area contributed by atoms with Crippen LogP contribution in [0.3, 0.4) is 0 Å². The Morgan fingerprint density at radius 1 is 0.846 bits per heavy atom. The molecule has 2 unspecified atom stereocenters. The summed E-state index contributed by atoms with van der Waals surface area (Å²) in [7, 11) is 0. The summed E-state index contributed by atoms with van der Waals surface area (Å²) in [5.74, 6) is 0.462. The van der Waals surface area contributed by atoms with Crippen LogP contribution in [-0.2, 0) is 24.0 Å². The van der Waals surface area contributed by atoms with Gasteiger partial charge in [-0.05, 0) is 78.4 Å². The number of benzene rings is 2. The molecule has 39 heavy (non-hydrogen) atoms. The second kappa shape index (κ2) is 11.2. The number of primary amides is 1. The SMILES string of the molecule is Cc1ccccc1CC(C)(O)c1ccnc(N(CC(O)(Cc2ccccc2C)c2ccnc(N)c2)C(N)=O)c1. The second-order valence-corrected chi connectivity index (χ2v) is 10.3. The van der Waals surface area contributed by atoms with Crippen LogP contribution in [0.15, 0.2) is 85.2 Å². The first-order valence-electron chi connectivity index (χ1n) is 12.8. The molecule has 4 aromatic rings. The lowest BCUT2D eigenvalue weighted by Gasteiger charge is -2.35. The van der Waals surface area contributed by atoms with E-state index in [4.69, 9.17) is 11.5 Å². The fourth-order valence-electron chi connectivity index (χ4n) is 4.83. The standard InChI is InChI=1S/C31H35N5O3/c1-21-8-4-6-10-23(21)18-30(3,38)25-12-15-35-28(17-25)36(29(33)37)20-31(39,26-13-14-34-27(32)16-26)19-24-11-7-5-9-22(24)2/h4-17,38-39H,18-20H2,1-3H3,(H2,32,34)(H2,33,37). The van der Waals surface area contributed by atoms with Crippen molar-refractivity contribution in [2.24, 2.45) is 5.73 Å². The van der Waals surface area contributed by atoms with Gasteiger partial charge in [-0.2, -0.15) is 0 Å². The molecule has 6 N–H and O–H groups in total. The summed E-state index contributed by atoms with van der Waals surface area (Å²) in [6, 6.07) is 21.4. The molecule has 202 valence electrons. The molecule has 4 rings (SSSR count). The molecule has 0 fully saturated rings. The third kappa shape index (κ3) is 6.42. The topological polar surface area (TPSA) is 139 Å². The highest BCUT2D eigenvalue weighted by Gasteiger charge is 2.36. The average molecular weight is 526 g/mol. The minimum absolute atomic E-state index is 0.192. The number of aryl methyl sites for hydroxylation is 2. The number of urea groups is 1. The minimum atomic E-state index is -1.57. The van der Waals surface area contributed by atoms with Gasteiger partial charge in [-0.15, -0.1) is 0 Å². The molecule has 0 radical (unpaired) electrons. The van der Waals surface area contributed by atoms with Crippen LogP contribution in [0.1, 0.15) is 40.3 Å². The van der Waals surface area contributed by atoms with E-state index >= 15 is 0 Å². The van der Waals surface area contributed by atoms with Gasteiger partial charge in [0.25, 0.3) is 0 Å². The number of aliphatic hydroxyl groups is 2. The Balaban J connectivity index is 1.72. The largest absolute Gasteiger partial charge is 0.385 e. The van der Waals surface area contributed by atoms with Gasteiger partial charge in [0.05, 0.1) is 12.1 Å². The number of nitrogen functional groups attached to an aromatic ring is 1. The molecule has 2 amide bonds. The molecule has 8 heteroatoms. The predicted molar refractivity (Wildman–Crippen MR) is 153 cm³/mol. The van der Waals surface area contributed by atoms with Gasteiger partial charge >= 0.3 is 6.03 Å². The molecule has 0 spiro atoms. The van der Waals surface area contributed by atoms with Gasteiger partial charge in [-0.1, -0.05) is 48.5 Å². The molecule has 0 saturated carbocycles. The molecule has 0 aliphatic rings. The molecule has 0 bridgehead atoms. The number of hydrogen-bond acceptors (Lipinski definition) is 6. The van der Waals surface area contributed by atoms with Crippen LogP contribution < -0.4 is 16.4 Å². The maximum Gasteiger partial charge on any atom is 0.320 e. The number of carbonyl (C=O) groups excluding carboxylic acids is 1. The van der Waals surface area contributed by atoms with E-state index in [0.717, 1.165) is 22.3 Å². The van der Waals surface area contributed by atoms with E-state index in [1.165, 1.54) is 17.3 Å². The van der Waals surface area contributed by atoms with E-state index in [0.29, 0.717) is 17.5 Å². The summed E-state index contributed by atoms with van der Waals surface area (Å²) in [6.45, 7) is 5.49. The van der Waals surface area contributed by atoms with E-state index in [2.05, 4.69) is 9.97 Å². The van der Waals surface area contributed by atoms with Gasteiger partial charge in [0.2, 0.25) is 0 Å². The Morgan fingerprint density at radius 2 is 1.41 bits per heavy atom. The van der Waals surface area contributed by atoms with Gasteiger partial charge in [-0.3, -0.25) is 4.90 Å². The molecule has 2 aromatic carbocycles. The van der Waals surface area contributed by atoms with Crippen molar-refractivity contribution in [1.82, 2.24) is 9.97 Å². The summed E-state index contributed by atoms with van der Waals surface area (Å²) in [5.41, 5.74) is 14.0. The third-order valence-corrected chi connectivity index (χ3v) is 7.19. The number of aromatic nitrogens is 2.